The van der Waals surface area contributed by atoms with Gasteiger partial charge < -0.3 is 4.74 Å². The third kappa shape index (κ3) is 3.49. The molecule has 21 heavy (non-hydrogen) atoms. The number of ether oxygens (including phenoxy) is 1. The standard InChI is InChI=1S/C15H10Br2F2O2/c1-21-9-2-4-11(16)8(6-9)7-13(20)10-3-5-12(18)15(19)14(10)17/h2-6H,7H2,1H3. The number of hydrogen-bond acceptors (Lipinski definition) is 2. The van der Waals surface area contributed by atoms with Crippen LogP contribution >= 0.6 is 31.9 Å². The summed E-state index contributed by atoms with van der Waals surface area (Å²) in [7, 11) is 1.53. The highest BCUT2D eigenvalue weighted by molar-refractivity contribution is 9.10. The molecule has 0 fully saturated rings. The summed E-state index contributed by atoms with van der Waals surface area (Å²) in [6, 6.07) is 7.44. The lowest BCUT2D eigenvalue weighted by atomic mass is 10.0. The number of carbonyl (C=O) groups excluding carboxylic acids is 1. The van der Waals surface area contributed by atoms with Gasteiger partial charge >= 0.3 is 0 Å². The van der Waals surface area contributed by atoms with Crippen molar-refractivity contribution in [3.63, 3.8) is 0 Å². The van der Waals surface area contributed by atoms with Gasteiger partial charge in [0.1, 0.15) is 5.75 Å². The molecule has 110 valence electrons. The third-order valence-corrected chi connectivity index (χ3v) is 4.49. The van der Waals surface area contributed by atoms with Gasteiger partial charge in [-0.25, -0.2) is 8.78 Å². The zero-order valence-electron chi connectivity index (χ0n) is 10.9. The summed E-state index contributed by atoms with van der Waals surface area (Å²) in [5.74, 6) is -1.77. The minimum Gasteiger partial charge on any atom is -0.497 e. The van der Waals surface area contributed by atoms with Gasteiger partial charge in [-0.1, -0.05) is 15.9 Å². The van der Waals surface area contributed by atoms with Crippen LogP contribution in [0.4, 0.5) is 8.78 Å². The molecule has 0 saturated heterocycles. The molecule has 0 unspecified atom stereocenters. The summed E-state index contributed by atoms with van der Waals surface area (Å²) in [6.45, 7) is 0. The van der Waals surface area contributed by atoms with E-state index < -0.39 is 11.6 Å². The Morgan fingerprint density at radius 2 is 1.90 bits per heavy atom. The summed E-state index contributed by atoms with van der Waals surface area (Å²) in [5, 5.41) is 0. The molecule has 0 radical (unpaired) electrons. The van der Waals surface area contributed by atoms with Crippen molar-refractivity contribution in [1.82, 2.24) is 0 Å². The van der Waals surface area contributed by atoms with Crippen molar-refractivity contribution in [2.75, 3.05) is 7.11 Å². The number of rotatable bonds is 4. The Balaban J connectivity index is 2.32. The van der Waals surface area contributed by atoms with Crippen LogP contribution in [0, 0.1) is 11.6 Å². The molecular formula is C15H10Br2F2O2. The molecule has 0 aliphatic heterocycles. The third-order valence-electron chi connectivity index (χ3n) is 2.94. The van der Waals surface area contributed by atoms with Crippen molar-refractivity contribution in [3.05, 3.63) is 62.0 Å². The van der Waals surface area contributed by atoms with Crippen molar-refractivity contribution in [3.8, 4) is 5.75 Å². The van der Waals surface area contributed by atoms with Crippen LogP contribution in [0.1, 0.15) is 15.9 Å². The largest absolute Gasteiger partial charge is 0.497 e. The highest BCUT2D eigenvalue weighted by Crippen LogP contribution is 2.27. The molecule has 0 aromatic heterocycles. The Morgan fingerprint density at radius 3 is 2.57 bits per heavy atom. The highest BCUT2D eigenvalue weighted by atomic mass is 79.9. The quantitative estimate of drug-likeness (QED) is 0.519. The first-order valence-electron chi connectivity index (χ1n) is 5.93. The fourth-order valence-electron chi connectivity index (χ4n) is 1.82. The molecule has 0 amide bonds. The van der Waals surface area contributed by atoms with Gasteiger partial charge in [0.25, 0.3) is 0 Å². The van der Waals surface area contributed by atoms with Crippen LogP contribution in [0.2, 0.25) is 0 Å². The minimum absolute atomic E-state index is 0.0431. The molecule has 0 bridgehead atoms. The van der Waals surface area contributed by atoms with E-state index in [2.05, 4.69) is 31.9 Å². The lowest BCUT2D eigenvalue weighted by Crippen LogP contribution is -2.07. The molecule has 0 spiro atoms. The molecule has 2 aromatic carbocycles. The number of methoxy groups -OCH3 is 1. The monoisotopic (exact) mass is 418 g/mol. The number of hydrogen-bond donors (Lipinski definition) is 0. The Kier molecular flexibility index (Phi) is 5.11. The first-order chi connectivity index (χ1) is 9.93. The molecule has 6 heteroatoms. The molecule has 0 aliphatic carbocycles. The molecule has 2 nitrogen and oxygen atoms in total. The van der Waals surface area contributed by atoms with E-state index in [1.54, 1.807) is 18.2 Å². The van der Waals surface area contributed by atoms with E-state index in [-0.39, 0.29) is 22.2 Å². The first kappa shape index (κ1) is 16.1. The van der Waals surface area contributed by atoms with Gasteiger partial charge in [-0.05, 0) is 51.8 Å². The van der Waals surface area contributed by atoms with E-state index in [4.69, 9.17) is 4.74 Å². The van der Waals surface area contributed by atoms with Crippen LogP contribution in [0.15, 0.2) is 39.3 Å². The zero-order valence-corrected chi connectivity index (χ0v) is 14.1. The van der Waals surface area contributed by atoms with E-state index in [0.29, 0.717) is 11.3 Å². The van der Waals surface area contributed by atoms with Crippen LogP contribution < -0.4 is 4.74 Å². The Morgan fingerprint density at radius 1 is 1.19 bits per heavy atom. The van der Waals surface area contributed by atoms with Crippen LogP contribution in [0.3, 0.4) is 0 Å². The zero-order chi connectivity index (χ0) is 15.6. The number of carbonyl (C=O) groups is 1. The highest BCUT2D eigenvalue weighted by Gasteiger charge is 2.18. The van der Waals surface area contributed by atoms with Gasteiger partial charge in [-0.2, -0.15) is 0 Å². The van der Waals surface area contributed by atoms with Crippen LogP contribution in [0.25, 0.3) is 0 Å². The summed E-state index contributed by atoms with van der Waals surface area (Å²) in [5.41, 5.74) is 0.805. The van der Waals surface area contributed by atoms with Gasteiger partial charge in [0.15, 0.2) is 17.4 Å². The Hall–Kier alpha value is -1.27. The Labute approximate surface area is 137 Å². The average molecular weight is 420 g/mol. The lowest BCUT2D eigenvalue weighted by Gasteiger charge is -2.08. The van der Waals surface area contributed by atoms with E-state index in [0.717, 1.165) is 10.5 Å². The summed E-state index contributed by atoms with van der Waals surface area (Å²) in [4.78, 5) is 12.3. The van der Waals surface area contributed by atoms with Gasteiger partial charge in [0.05, 0.1) is 11.6 Å². The minimum atomic E-state index is -1.06. The summed E-state index contributed by atoms with van der Waals surface area (Å²) in [6.07, 6.45) is 0.0431. The van der Waals surface area contributed by atoms with E-state index in [9.17, 15) is 13.6 Å². The number of benzene rings is 2. The SMILES string of the molecule is COc1ccc(Br)c(CC(=O)c2ccc(F)c(F)c2Br)c1. The van der Waals surface area contributed by atoms with E-state index in [1.165, 1.54) is 13.2 Å². The van der Waals surface area contributed by atoms with Gasteiger partial charge in [0, 0.05) is 16.5 Å². The smallest absolute Gasteiger partial charge is 0.173 e. The molecule has 0 N–H and O–H groups in total. The molecule has 0 aliphatic rings. The van der Waals surface area contributed by atoms with Crippen molar-refractivity contribution in [1.29, 1.82) is 0 Å². The average Bonchev–Trinajstić information content (AvgIpc) is 2.47. The van der Waals surface area contributed by atoms with Gasteiger partial charge in [-0.3, -0.25) is 4.79 Å². The molecule has 2 rings (SSSR count). The second-order valence-corrected chi connectivity index (χ2v) is 5.93. The second kappa shape index (κ2) is 6.66. The predicted molar refractivity (Wildman–Crippen MR) is 82.8 cm³/mol. The Bertz CT molecular complexity index is 702. The predicted octanol–water partition coefficient (Wildman–Crippen LogP) is 4.92. The summed E-state index contributed by atoms with van der Waals surface area (Å²) >= 11 is 6.27. The van der Waals surface area contributed by atoms with Gasteiger partial charge in [-0.15, -0.1) is 0 Å². The van der Waals surface area contributed by atoms with Crippen molar-refractivity contribution in [2.45, 2.75) is 6.42 Å². The molecule has 2 aromatic rings. The number of Topliss-reactive ketones (excluding diaryl/α,β-unsaturated/α-hetero) is 1. The second-order valence-electron chi connectivity index (χ2n) is 4.28. The maximum Gasteiger partial charge on any atom is 0.173 e. The van der Waals surface area contributed by atoms with Crippen LogP contribution in [-0.2, 0) is 6.42 Å². The fourth-order valence-corrected chi connectivity index (χ4v) is 2.75. The van der Waals surface area contributed by atoms with Gasteiger partial charge in [0.2, 0.25) is 0 Å². The molecule has 0 saturated carbocycles. The number of ketones is 1. The van der Waals surface area contributed by atoms with Crippen LogP contribution in [0.5, 0.6) is 5.75 Å². The maximum absolute atomic E-state index is 13.5. The normalized spacial score (nSPS) is 10.5. The van der Waals surface area contributed by atoms with Crippen LogP contribution in [-0.4, -0.2) is 12.9 Å². The molecule has 0 atom stereocenters. The van der Waals surface area contributed by atoms with Crippen molar-refractivity contribution in [2.24, 2.45) is 0 Å². The van der Waals surface area contributed by atoms with E-state index >= 15 is 0 Å². The first-order valence-corrected chi connectivity index (χ1v) is 7.51. The molecule has 0 heterocycles. The fraction of sp³-hybridized carbons (Fsp3) is 0.133. The lowest BCUT2D eigenvalue weighted by molar-refractivity contribution is 0.0991. The summed E-state index contributed by atoms with van der Waals surface area (Å²) < 4.78 is 32.2. The van der Waals surface area contributed by atoms with E-state index in [1.807, 2.05) is 0 Å². The topological polar surface area (TPSA) is 26.3 Å². The maximum atomic E-state index is 13.5. The molecular weight excluding hydrogens is 410 g/mol. The van der Waals surface area contributed by atoms with Crippen molar-refractivity contribution >= 4 is 37.6 Å². The van der Waals surface area contributed by atoms with Crippen molar-refractivity contribution < 1.29 is 18.3 Å². The number of halogens is 4.